The zero-order valence-corrected chi connectivity index (χ0v) is 15.0. The van der Waals surface area contributed by atoms with Gasteiger partial charge in [-0.05, 0) is 25.1 Å². The number of hydrogen-bond donors (Lipinski definition) is 1. The predicted octanol–water partition coefficient (Wildman–Crippen LogP) is 4.38. The summed E-state index contributed by atoms with van der Waals surface area (Å²) in [5.74, 6) is 0.730. The zero-order chi connectivity index (χ0) is 17.8. The van der Waals surface area contributed by atoms with Crippen molar-refractivity contribution in [1.82, 2.24) is 4.98 Å². The van der Waals surface area contributed by atoms with E-state index in [1.165, 1.54) is 17.8 Å². The molecule has 8 heteroatoms. The standard InChI is InChI=1S/C17H15N3O3S2/c1-11-12(6-4-7-14(11)20(22)23)18-16(21)9-24-10-17-19-13-5-2-3-8-15(13)25-17/h2-8H,9-10H2,1H3,(H,18,21). The van der Waals surface area contributed by atoms with E-state index in [0.717, 1.165) is 15.2 Å². The monoisotopic (exact) mass is 373 g/mol. The second-order valence-electron chi connectivity index (χ2n) is 5.32. The van der Waals surface area contributed by atoms with Crippen LogP contribution in [0.3, 0.4) is 0 Å². The second kappa shape index (κ2) is 7.62. The first-order chi connectivity index (χ1) is 12.0. The predicted molar refractivity (Wildman–Crippen MR) is 102 cm³/mol. The van der Waals surface area contributed by atoms with E-state index < -0.39 is 4.92 Å². The number of hydrogen-bond acceptors (Lipinski definition) is 6. The molecule has 0 saturated carbocycles. The van der Waals surface area contributed by atoms with Gasteiger partial charge in [0.15, 0.2) is 0 Å². The molecule has 25 heavy (non-hydrogen) atoms. The number of para-hydroxylation sites is 1. The second-order valence-corrected chi connectivity index (χ2v) is 7.42. The van der Waals surface area contributed by atoms with Crippen molar-refractivity contribution in [2.24, 2.45) is 0 Å². The van der Waals surface area contributed by atoms with E-state index in [9.17, 15) is 14.9 Å². The molecule has 1 aromatic heterocycles. The maximum Gasteiger partial charge on any atom is 0.274 e. The van der Waals surface area contributed by atoms with Crippen molar-refractivity contribution in [1.29, 1.82) is 0 Å². The van der Waals surface area contributed by atoms with Gasteiger partial charge in [0, 0.05) is 11.8 Å². The first kappa shape index (κ1) is 17.4. The number of benzene rings is 2. The van der Waals surface area contributed by atoms with E-state index >= 15 is 0 Å². The van der Waals surface area contributed by atoms with Gasteiger partial charge in [-0.15, -0.1) is 23.1 Å². The van der Waals surface area contributed by atoms with Crippen LogP contribution in [0.4, 0.5) is 11.4 Å². The molecule has 0 unspecified atom stereocenters. The SMILES string of the molecule is Cc1c(NC(=O)CSCc2nc3ccccc3s2)cccc1[N+](=O)[O-]. The van der Waals surface area contributed by atoms with Crippen molar-refractivity contribution in [2.45, 2.75) is 12.7 Å². The minimum atomic E-state index is -0.452. The van der Waals surface area contributed by atoms with E-state index in [1.54, 1.807) is 30.4 Å². The number of carbonyl (C=O) groups excluding carboxylic acids is 1. The number of thioether (sulfide) groups is 1. The molecule has 0 aliphatic heterocycles. The summed E-state index contributed by atoms with van der Waals surface area (Å²) in [5, 5.41) is 14.7. The van der Waals surface area contributed by atoms with Crippen LogP contribution >= 0.6 is 23.1 Å². The van der Waals surface area contributed by atoms with Crippen LogP contribution in [0.15, 0.2) is 42.5 Å². The molecule has 0 saturated heterocycles. The van der Waals surface area contributed by atoms with E-state index in [2.05, 4.69) is 10.3 Å². The maximum atomic E-state index is 12.1. The van der Waals surface area contributed by atoms with Gasteiger partial charge in [0.05, 0.1) is 32.1 Å². The number of nitrogens with one attached hydrogen (secondary N) is 1. The van der Waals surface area contributed by atoms with Crippen LogP contribution in [0.2, 0.25) is 0 Å². The summed E-state index contributed by atoms with van der Waals surface area (Å²) in [6.45, 7) is 1.63. The van der Waals surface area contributed by atoms with Gasteiger partial charge in [0.25, 0.3) is 5.69 Å². The van der Waals surface area contributed by atoms with Crippen molar-refractivity contribution in [3.63, 3.8) is 0 Å². The van der Waals surface area contributed by atoms with E-state index in [4.69, 9.17) is 0 Å². The molecule has 0 aliphatic rings. The van der Waals surface area contributed by atoms with Crippen LogP contribution in [0.5, 0.6) is 0 Å². The molecule has 1 N–H and O–H groups in total. The highest BCUT2D eigenvalue weighted by molar-refractivity contribution is 7.99. The summed E-state index contributed by atoms with van der Waals surface area (Å²) >= 11 is 3.09. The minimum Gasteiger partial charge on any atom is -0.325 e. The summed E-state index contributed by atoms with van der Waals surface area (Å²) in [4.78, 5) is 27.1. The number of nitro groups is 1. The molecule has 128 valence electrons. The highest BCUT2D eigenvalue weighted by Gasteiger charge is 2.15. The maximum absolute atomic E-state index is 12.1. The van der Waals surface area contributed by atoms with Crippen molar-refractivity contribution in [3.8, 4) is 0 Å². The fourth-order valence-electron chi connectivity index (χ4n) is 2.36. The highest BCUT2D eigenvalue weighted by atomic mass is 32.2. The molecule has 0 atom stereocenters. The largest absolute Gasteiger partial charge is 0.325 e. The molecular formula is C17H15N3O3S2. The lowest BCUT2D eigenvalue weighted by atomic mass is 10.1. The van der Waals surface area contributed by atoms with Gasteiger partial charge in [-0.3, -0.25) is 14.9 Å². The molecule has 0 aliphatic carbocycles. The summed E-state index contributed by atoms with van der Waals surface area (Å²) < 4.78 is 1.13. The molecule has 2 aromatic carbocycles. The Morgan fingerprint density at radius 3 is 2.84 bits per heavy atom. The Labute approximate surface area is 152 Å². The Hall–Kier alpha value is -2.45. The first-order valence-corrected chi connectivity index (χ1v) is 9.48. The lowest BCUT2D eigenvalue weighted by Crippen LogP contribution is -2.15. The van der Waals surface area contributed by atoms with Crippen LogP contribution in [-0.2, 0) is 10.5 Å². The van der Waals surface area contributed by atoms with Gasteiger partial charge in [-0.2, -0.15) is 0 Å². The molecule has 3 aromatic rings. The number of amides is 1. The molecule has 0 spiro atoms. The van der Waals surface area contributed by atoms with Crippen molar-refractivity contribution in [2.75, 3.05) is 11.1 Å². The van der Waals surface area contributed by atoms with Gasteiger partial charge in [-0.25, -0.2) is 4.98 Å². The van der Waals surface area contributed by atoms with Crippen LogP contribution in [-0.4, -0.2) is 21.6 Å². The topological polar surface area (TPSA) is 85.1 Å². The average molecular weight is 373 g/mol. The summed E-state index contributed by atoms with van der Waals surface area (Å²) in [6.07, 6.45) is 0. The average Bonchev–Trinajstić information content (AvgIpc) is 2.99. The van der Waals surface area contributed by atoms with Crippen molar-refractivity contribution >= 4 is 50.6 Å². The molecule has 6 nitrogen and oxygen atoms in total. The summed E-state index contributed by atoms with van der Waals surface area (Å²) in [5.41, 5.74) is 1.90. The number of carbonyl (C=O) groups is 1. The van der Waals surface area contributed by atoms with Crippen LogP contribution in [0, 0.1) is 17.0 Å². The number of nitro benzene ring substituents is 1. The summed E-state index contributed by atoms with van der Waals surface area (Å²) in [7, 11) is 0. The lowest BCUT2D eigenvalue weighted by molar-refractivity contribution is -0.385. The number of nitrogens with zero attached hydrogens (tertiary/aromatic N) is 2. The van der Waals surface area contributed by atoms with Crippen molar-refractivity contribution < 1.29 is 9.72 Å². The normalized spacial score (nSPS) is 10.8. The number of fused-ring (bicyclic) bond motifs is 1. The van der Waals surface area contributed by atoms with Gasteiger partial charge >= 0.3 is 0 Å². The Balaban J connectivity index is 1.56. The first-order valence-electron chi connectivity index (χ1n) is 7.50. The van der Waals surface area contributed by atoms with E-state index in [-0.39, 0.29) is 17.3 Å². The van der Waals surface area contributed by atoms with Crippen LogP contribution in [0.25, 0.3) is 10.2 Å². The fraction of sp³-hybridized carbons (Fsp3) is 0.176. The molecule has 3 rings (SSSR count). The third-order valence-electron chi connectivity index (χ3n) is 3.57. The number of rotatable bonds is 6. The van der Waals surface area contributed by atoms with Gasteiger partial charge < -0.3 is 5.32 Å². The van der Waals surface area contributed by atoms with Crippen molar-refractivity contribution in [3.05, 3.63) is 63.1 Å². The van der Waals surface area contributed by atoms with Crippen LogP contribution < -0.4 is 5.32 Å². The van der Waals surface area contributed by atoms with Gasteiger partial charge in [0.2, 0.25) is 5.91 Å². The van der Waals surface area contributed by atoms with E-state index in [0.29, 0.717) is 17.0 Å². The Morgan fingerprint density at radius 1 is 1.28 bits per heavy atom. The van der Waals surface area contributed by atoms with E-state index in [1.807, 2.05) is 24.3 Å². The number of thiazole rings is 1. The van der Waals surface area contributed by atoms with Crippen LogP contribution in [0.1, 0.15) is 10.6 Å². The zero-order valence-electron chi connectivity index (χ0n) is 13.4. The molecular weight excluding hydrogens is 358 g/mol. The van der Waals surface area contributed by atoms with Gasteiger partial charge in [-0.1, -0.05) is 18.2 Å². The number of aromatic nitrogens is 1. The quantitative estimate of drug-likeness (QED) is 0.512. The summed E-state index contributed by atoms with van der Waals surface area (Å²) in [6, 6.07) is 12.6. The number of anilines is 1. The smallest absolute Gasteiger partial charge is 0.274 e. The Bertz CT molecular complexity index is 907. The van der Waals surface area contributed by atoms with Gasteiger partial charge in [0.1, 0.15) is 5.01 Å². The molecule has 0 radical (unpaired) electrons. The fourth-order valence-corrected chi connectivity index (χ4v) is 4.20. The third kappa shape index (κ3) is 4.15. The lowest BCUT2D eigenvalue weighted by Gasteiger charge is -2.08. The Morgan fingerprint density at radius 2 is 2.08 bits per heavy atom. The minimum absolute atomic E-state index is 0.0000660. The third-order valence-corrected chi connectivity index (χ3v) is 5.74. The molecule has 0 fully saturated rings. The molecule has 0 bridgehead atoms. The Kier molecular flexibility index (Phi) is 5.30. The molecule has 1 heterocycles. The highest BCUT2D eigenvalue weighted by Crippen LogP contribution is 2.26. The molecule has 1 amide bonds.